The zero-order valence-corrected chi connectivity index (χ0v) is 9.26. The Morgan fingerprint density at radius 2 is 2.07 bits per heavy atom. The quantitative estimate of drug-likeness (QED) is 0.322. The number of unbranched alkanes of at least 4 members (excludes halogenated alkanes) is 4. The van der Waals surface area contributed by atoms with Gasteiger partial charge in [0.2, 0.25) is 0 Å². The molecule has 0 saturated heterocycles. The molecule has 0 radical (unpaired) electrons. The molecule has 2 nitrogen and oxygen atoms in total. The molecule has 0 aliphatic rings. The molecule has 0 N–H and O–H groups in total. The Labute approximate surface area is 87.3 Å². The van der Waals surface area contributed by atoms with Crippen molar-refractivity contribution >= 4 is 5.97 Å². The zero-order valence-electron chi connectivity index (χ0n) is 9.26. The average Bonchev–Trinajstić information content (AvgIpc) is 2.19. The molecule has 0 rings (SSSR count). The minimum absolute atomic E-state index is 0.0508. The van der Waals surface area contributed by atoms with Gasteiger partial charge in [-0.15, -0.1) is 6.58 Å². The van der Waals surface area contributed by atoms with Crippen LogP contribution < -0.4 is 0 Å². The standard InChI is InChI=1S/C12H22O2/c1-3-5-7-8-10-12(13)14-11-9-6-4-2/h4H,2-3,5-11H2,1H3. The summed E-state index contributed by atoms with van der Waals surface area (Å²) in [6, 6.07) is 0. The molecule has 14 heavy (non-hydrogen) atoms. The first-order valence-corrected chi connectivity index (χ1v) is 5.57. The predicted molar refractivity (Wildman–Crippen MR) is 59.1 cm³/mol. The SMILES string of the molecule is C=CCCCOC(=O)CCCCCC. The topological polar surface area (TPSA) is 26.3 Å². The first-order valence-electron chi connectivity index (χ1n) is 5.57. The van der Waals surface area contributed by atoms with E-state index in [0.29, 0.717) is 13.0 Å². The number of allylic oxidation sites excluding steroid dienone is 1. The predicted octanol–water partition coefficient (Wildman–Crippen LogP) is 3.47. The molecule has 0 spiro atoms. The lowest BCUT2D eigenvalue weighted by atomic mass is 10.2. The van der Waals surface area contributed by atoms with Gasteiger partial charge in [0.25, 0.3) is 0 Å². The summed E-state index contributed by atoms with van der Waals surface area (Å²) in [4.78, 5) is 11.1. The van der Waals surface area contributed by atoms with Crippen molar-refractivity contribution in [2.24, 2.45) is 0 Å². The summed E-state index contributed by atoms with van der Waals surface area (Å²) in [5.74, 6) is -0.0508. The lowest BCUT2D eigenvalue weighted by Gasteiger charge is -2.03. The Bertz CT molecular complexity index is 152. The van der Waals surface area contributed by atoms with Crippen LogP contribution in [0.2, 0.25) is 0 Å². The fraction of sp³-hybridized carbons (Fsp3) is 0.750. The van der Waals surface area contributed by atoms with E-state index in [2.05, 4.69) is 13.5 Å². The van der Waals surface area contributed by atoms with Gasteiger partial charge < -0.3 is 4.74 Å². The van der Waals surface area contributed by atoms with Gasteiger partial charge >= 0.3 is 5.97 Å². The van der Waals surface area contributed by atoms with Crippen LogP contribution in [-0.4, -0.2) is 12.6 Å². The van der Waals surface area contributed by atoms with E-state index >= 15 is 0 Å². The molecule has 0 saturated carbocycles. The van der Waals surface area contributed by atoms with Crippen molar-refractivity contribution in [3.63, 3.8) is 0 Å². The summed E-state index contributed by atoms with van der Waals surface area (Å²) in [7, 11) is 0. The molecule has 0 heterocycles. The highest BCUT2D eigenvalue weighted by Gasteiger charge is 2.01. The van der Waals surface area contributed by atoms with E-state index in [1.807, 2.05) is 6.08 Å². The molecule has 0 fully saturated rings. The van der Waals surface area contributed by atoms with Crippen LogP contribution in [0, 0.1) is 0 Å². The van der Waals surface area contributed by atoms with E-state index in [9.17, 15) is 4.79 Å². The van der Waals surface area contributed by atoms with Gasteiger partial charge in [-0.05, 0) is 19.3 Å². The highest BCUT2D eigenvalue weighted by molar-refractivity contribution is 5.69. The van der Waals surface area contributed by atoms with Gasteiger partial charge in [-0.25, -0.2) is 0 Å². The third kappa shape index (κ3) is 9.30. The molecule has 0 unspecified atom stereocenters. The van der Waals surface area contributed by atoms with Crippen molar-refractivity contribution in [3.05, 3.63) is 12.7 Å². The van der Waals surface area contributed by atoms with Crippen LogP contribution in [0.5, 0.6) is 0 Å². The number of rotatable bonds is 9. The number of esters is 1. The van der Waals surface area contributed by atoms with Gasteiger partial charge in [0.15, 0.2) is 0 Å². The number of carbonyl (C=O) groups is 1. The minimum Gasteiger partial charge on any atom is -0.466 e. The maximum atomic E-state index is 11.1. The smallest absolute Gasteiger partial charge is 0.305 e. The minimum atomic E-state index is -0.0508. The third-order valence-electron chi connectivity index (χ3n) is 2.05. The number of hydrogen-bond acceptors (Lipinski definition) is 2. The van der Waals surface area contributed by atoms with E-state index in [1.54, 1.807) is 0 Å². The van der Waals surface area contributed by atoms with Gasteiger partial charge in [0.1, 0.15) is 0 Å². The summed E-state index contributed by atoms with van der Waals surface area (Å²) in [6.45, 7) is 6.31. The molecule has 0 aromatic rings. The molecule has 2 heteroatoms. The van der Waals surface area contributed by atoms with Crippen molar-refractivity contribution in [2.45, 2.75) is 51.9 Å². The van der Waals surface area contributed by atoms with Crippen molar-refractivity contribution in [1.29, 1.82) is 0 Å². The van der Waals surface area contributed by atoms with Gasteiger partial charge in [0.05, 0.1) is 6.61 Å². The van der Waals surface area contributed by atoms with Crippen LogP contribution in [0.25, 0.3) is 0 Å². The van der Waals surface area contributed by atoms with Gasteiger partial charge in [-0.3, -0.25) is 4.79 Å². The van der Waals surface area contributed by atoms with Gasteiger partial charge in [0, 0.05) is 6.42 Å². The maximum absolute atomic E-state index is 11.1. The molecule has 0 aromatic carbocycles. The van der Waals surface area contributed by atoms with Crippen molar-refractivity contribution in [1.82, 2.24) is 0 Å². The summed E-state index contributed by atoms with van der Waals surface area (Å²) in [5.41, 5.74) is 0. The summed E-state index contributed by atoms with van der Waals surface area (Å²) < 4.78 is 5.04. The van der Waals surface area contributed by atoms with Crippen LogP contribution >= 0.6 is 0 Å². The van der Waals surface area contributed by atoms with E-state index in [4.69, 9.17) is 4.74 Å². The molecule has 0 aliphatic heterocycles. The first-order chi connectivity index (χ1) is 6.81. The third-order valence-corrected chi connectivity index (χ3v) is 2.05. The Morgan fingerprint density at radius 1 is 1.29 bits per heavy atom. The molecular formula is C12H22O2. The van der Waals surface area contributed by atoms with E-state index in [1.165, 1.54) is 12.8 Å². The lowest BCUT2D eigenvalue weighted by molar-refractivity contribution is -0.143. The molecule has 0 amide bonds. The maximum Gasteiger partial charge on any atom is 0.305 e. The fourth-order valence-electron chi connectivity index (χ4n) is 1.18. The van der Waals surface area contributed by atoms with Gasteiger partial charge in [-0.1, -0.05) is 32.3 Å². The van der Waals surface area contributed by atoms with Crippen LogP contribution in [-0.2, 0) is 9.53 Å². The Hall–Kier alpha value is -0.790. The van der Waals surface area contributed by atoms with Crippen molar-refractivity contribution in [3.8, 4) is 0 Å². The molecular weight excluding hydrogens is 176 g/mol. The van der Waals surface area contributed by atoms with Crippen LogP contribution in [0.3, 0.4) is 0 Å². The molecule has 82 valence electrons. The second-order valence-corrected chi connectivity index (χ2v) is 3.46. The Balaban J connectivity index is 3.15. The highest BCUT2D eigenvalue weighted by Crippen LogP contribution is 2.03. The molecule has 0 bridgehead atoms. The number of hydrogen-bond donors (Lipinski definition) is 0. The fourth-order valence-corrected chi connectivity index (χ4v) is 1.18. The molecule has 0 aliphatic carbocycles. The number of carbonyl (C=O) groups excluding carboxylic acids is 1. The van der Waals surface area contributed by atoms with E-state index < -0.39 is 0 Å². The highest BCUT2D eigenvalue weighted by atomic mass is 16.5. The Morgan fingerprint density at radius 3 is 2.71 bits per heavy atom. The molecule has 0 atom stereocenters. The second-order valence-electron chi connectivity index (χ2n) is 3.46. The van der Waals surface area contributed by atoms with Gasteiger partial charge in [-0.2, -0.15) is 0 Å². The summed E-state index contributed by atoms with van der Waals surface area (Å²) in [5, 5.41) is 0. The van der Waals surface area contributed by atoms with Crippen LogP contribution in [0.1, 0.15) is 51.9 Å². The van der Waals surface area contributed by atoms with E-state index in [-0.39, 0.29) is 5.97 Å². The summed E-state index contributed by atoms with van der Waals surface area (Å²) in [6.07, 6.45) is 8.75. The Kier molecular flexibility index (Phi) is 9.71. The normalized spacial score (nSPS) is 9.79. The largest absolute Gasteiger partial charge is 0.466 e. The molecule has 0 aromatic heterocycles. The first kappa shape index (κ1) is 13.2. The summed E-state index contributed by atoms with van der Waals surface area (Å²) >= 11 is 0. The zero-order chi connectivity index (χ0) is 10.6. The second kappa shape index (κ2) is 10.3. The average molecular weight is 198 g/mol. The van der Waals surface area contributed by atoms with Crippen molar-refractivity contribution in [2.75, 3.05) is 6.61 Å². The monoisotopic (exact) mass is 198 g/mol. The van der Waals surface area contributed by atoms with Crippen LogP contribution in [0.15, 0.2) is 12.7 Å². The number of ether oxygens (including phenoxy) is 1. The van der Waals surface area contributed by atoms with E-state index in [0.717, 1.165) is 25.7 Å². The lowest BCUT2D eigenvalue weighted by Crippen LogP contribution is -2.05. The van der Waals surface area contributed by atoms with Crippen molar-refractivity contribution < 1.29 is 9.53 Å². The van der Waals surface area contributed by atoms with Crippen LogP contribution in [0.4, 0.5) is 0 Å².